The Hall–Kier alpha value is -3.79. The Kier molecular flexibility index (Phi) is 5.74. The zero-order valence-corrected chi connectivity index (χ0v) is 13.1. The second-order valence-corrected chi connectivity index (χ2v) is 4.96. The summed E-state index contributed by atoms with van der Waals surface area (Å²) < 4.78 is 5.27. The monoisotopic (exact) mass is 337 g/mol. The van der Waals surface area contributed by atoms with E-state index in [1.807, 2.05) is 6.07 Å². The zero-order valence-electron chi connectivity index (χ0n) is 13.1. The quantitative estimate of drug-likeness (QED) is 0.421. The molecule has 7 nitrogen and oxygen atoms in total. The van der Waals surface area contributed by atoms with Crippen molar-refractivity contribution in [2.24, 2.45) is 5.73 Å². The first-order valence-electron chi connectivity index (χ1n) is 7.22. The van der Waals surface area contributed by atoms with Gasteiger partial charge in [0.1, 0.15) is 23.1 Å². The minimum absolute atomic E-state index is 0.0644. The van der Waals surface area contributed by atoms with E-state index >= 15 is 0 Å². The van der Waals surface area contributed by atoms with Crippen LogP contribution in [-0.4, -0.2) is 23.5 Å². The highest BCUT2D eigenvalue weighted by Crippen LogP contribution is 2.21. The summed E-state index contributed by atoms with van der Waals surface area (Å²) in [6, 6.07) is 14.3. The number of rotatable bonds is 6. The van der Waals surface area contributed by atoms with Crippen molar-refractivity contribution in [3.8, 4) is 17.6 Å². The van der Waals surface area contributed by atoms with Gasteiger partial charge in [0.15, 0.2) is 6.61 Å². The number of nitrogens with zero attached hydrogens (tertiary/aromatic N) is 1. The number of carbonyl (C=O) groups excluding carboxylic acids is 2. The van der Waals surface area contributed by atoms with E-state index in [4.69, 9.17) is 10.5 Å². The summed E-state index contributed by atoms with van der Waals surface area (Å²) in [6.07, 6.45) is 1.35. The van der Waals surface area contributed by atoms with Crippen LogP contribution in [0.25, 0.3) is 6.08 Å². The van der Waals surface area contributed by atoms with Gasteiger partial charge in [0, 0.05) is 11.3 Å². The van der Waals surface area contributed by atoms with Crippen molar-refractivity contribution in [2.45, 2.75) is 0 Å². The molecule has 0 spiro atoms. The molecule has 0 bridgehead atoms. The first-order chi connectivity index (χ1) is 12.0. The molecule has 4 N–H and O–H groups in total. The molecule has 0 unspecified atom stereocenters. The van der Waals surface area contributed by atoms with Crippen LogP contribution in [0.2, 0.25) is 0 Å². The predicted molar refractivity (Wildman–Crippen MR) is 91.5 cm³/mol. The largest absolute Gasteiger partial charge is 0.508 e. The molecule has 2 rings (SSSR count). The number of ether oxygens (including phenoxy) is 1. The number of anilines is 1. The van der Waals surface area contributed by atoms with Crippen molar-refractivity contribution in [3.63, 3.8) is 0 Å². The summed E-state index contributed by atoms with van der Waals surface area (Å²) in [7, 11) is 0. The Balaban J connectivity index is 2.22. The highest BCUT2D eigenvalue weighted by Gasteiger charge is 2.11. The number of primary amides is 1. The van der Waals surface area contributed by atoms with Gasteiger partial charge in [0.25, 0.3) is 11.8 Å². The molecule has 0 saturated heterocycles. The highest BCUT2D eigenvalue weighted by molar-refractivity contribution is 6.09. The van der Waals surface area contributed by atoms with E-state index in [-0.39, 0.29) is 17.9 Å². The molecule has 0 aliphatic rings. The molecule has 0 radical (unpaired) electrons. The molecule has 0 aromatic heterocycles. The SMILES string of the molecule is N#C/C(=C\c1ccccc1OCC(N)=O)C(=O)Nc1ccc(O)cc1. The Bertz CT molecular complexity index is 851. The van der Waals surface area contributed by atoms with Crippen molar-refractivity contribution < 1.29 is 19.4 Å². The van der Waals surface area contributed by atoms with Crippen LogP contribution in [0.1, 0.15) is 5.56 Å². The summed E-state index contributed by atoms with van der Waals surface area (Å²) in [5, 5.41) is 21.0. The molecule has 0 atom stereocenters. The Morgan fingerprint density at radius 3 is 2.52 bits per heavy atom. The fraction of sp³-hybridized carbons (Fsp3) is 0.0556. The zero-order chi connectivity index (χ0) is 18.2. The second-order valence-electron chi connectivity index (χ2n) is 4.96. The number of carbonyl (C=O) groups is 2. The van der Waals surface area contributed by atoms with Crippen LogP contribution in [0.3, 0.4) is 0 Å². The van der Waals surface area contributed by atoms with Gasteiger partial charge in [-0.25, -0.2) is 0 Å². The summed E-state index contributed by atoms with van der Waals surface area (Å²) in [5.74, 6) is -0.858. The summed E-state index contributed by atoms with van der Waals surface area (Å²) in [5.41, 5.74) is 5.79. The fourth-order valence-corrected chi connectivity index (χ4v) is 1.93. The minimum Gasteiger partial charge on any atom is -0.508 e. The molecule has 126 valence electrons. The van der Waals surface area contributed by atoms with E-state index in [0.29, 0.717) is 17.0 Å². The first kappa shape index (κ1) is 17.6. The van der Waals surface area contributed by atoms with Gasteiger partial charge in [-0.1, -0.05) is 18.2 Å². The molecule has 0 fully saturated rings. The average Bonchev–Trinajstić information content (AvgIpc) is 2.60. The average molecular weight is 337 g/mol. The fourth-order valence-electron chi connectivity index (χ4n) is 1.93. The standard InChI is InChI=1S/C18H15N3O4/c19-10-13(18(24)21-14-5-7-15(22)8-6-14)9-12-3-1-2-4-16(12)25-11-17(20)23/h1-9,22H,11H2,(H2,20,23)(H,21,24)/b13-9+. The third-order valence-electron chi connectivity index (χ3n) is 3.08. The van der Waals surface area contributed by atoms with E-state index in [2.05, 4.69) is 5.32 Å². The predicted octanol–water partition coefficient (Wildman–Crippen LogP) is 1.80. The Morgan fingerprint density at radius 2 is 1.88 bits per heavy atom. The lowest BCUT2D eigenvalue weighted by atomic mass is 10.1. The van der Waals surface area contributed by atoms with Crippen LogP contribution in [-0.2, 0) is 9.59 Å². The van der Waals surface area contributed by atoms with Crippen LogP contribution < -0.4 is 15.8 Å². The summed E-state index contributed by atoms with van der Waals surface area (Å²) in [6.45, 7) is -0.313. The van der Waals surface area contributed by atoms with Crippen molar-refractivity contribution in [3.05, 3.63) is 59.7 Å². The maximum Gasteiger partial charge on any atom is 0.266 e. The molecular formula is C18H15N3O4. The van der Waals surface area contributed by atoms with Crippen LogP contribution in [0.4, 0.5) is 5.69 Å². The number of hydrogen-bond donors (Lipinski definition) is 3. The Labute approximate surface area is 144 Å². The van der Waals surface area contributed by atoms with E-state index < -0.39 is 11.8 Å². The van der Waals surface area contributed by atoms with Crippen molar-refractivity contribution in [2.75, 3.05) is 11.9 Å². The molecular weight excluding hydrogens is 322 g/mol. The lowest BCUT2D eigenvalue weighted by molar-refractivity contribution is -0.120. The number of nitrogens with one attached hydrogen (secondary N) is 1. The molecule has 2 aromatic rings. The number of benzene rings is 2. The molecule has 25 heavy (non-hydrogen) atoms. The van der Waals surface area contributed by atoms with E-state index in [9.17, 15) is 20.0 Å². The smallest absolute Gasteiger partial charge is 0.266 e. The first-order valence-corrected chi connectivity index (χ1v) is 7.22. The van der Waals surface area contributed by atoms with Gasteiger partial charge in [-0.2, -0.15) is 5.26 Å². The van der Waals surface area contributed by atoms with Gasteiger partial charge >= 0.3 is 0 Å². The van der Waals surface area contributed by atoms with Crippen molar-refractivity contribution in [1.82, 2.24) is 0 Å². The van der Waals surface area contributed by atoms with Gasteiger partial charge in [0.2, 0.25) is 0 Å². The van der Waals surface area contributed by atoms with Gasteiger partial charge in [-0.15, -0.1) is 0 Å². The third-order valence-corrected chi connectivity index (χ3v) is 3.08. The number of para-hydroxylation sites is 1. The summed E-state index contributed by atoms with van der Waals surface area (Å²) >= 11 is 0. The Morgan fingerprint density at radius 1 is 1.20 bits per heavy atom. The van der Waals surface area contributed by atoms with Gasteiger partial charge < -0.3 is 20.9 Å². The summed E-state index contributed by atoms with van der Waals surface area (Å²) in [4.78, 5) is 23.1. The lowest BCUT2D eigenvalue weighted by Gasteiger charge is -2.08. The van der Waals surface area contributed by atoms with Crippen molar-refractivity contribution >= 4 is 23.6 Å². The van der Waals surface area contributed by atoms with Gasteiger partial charge in [-0.3, -0.25) is 9.59 Å². The molecule has 0 saturated carbocycles. The molecule has 0 aliphatic carbocycles. The third kappa shape index (κ3) is 5.11. The number of amides is 2. The molecule has 7 heteroatoms. The number of phenolic OH excluding ortho intramolecular Hbond substituents is 1. The van der Waals surface area contributed by atoms with Gasteiger partial charge in [-0.05, 0) is 36.4 Å². The van der Waals surface area contributed by atoms with Crippen LogP contribution in [0, 0.1) is 11.3 Å². The molecule has 2 aromatic carbocycles. The number of hydrogen-bond acceptors (Lipinski definition) is 5. The minimum atomic E-state index is -0.635. The van der Waals surface area contributed by atoms with E-state index in [1.54, 1.807) is 24.3 Å². The number of nitrogens with two attached hydrogens (primary N) is 1. The normalized spacial score (nSPS) is 10.6. The highest BCUT2D eigenvalue weighted by atomic mass is 16.5. The lowest BCUT2D eigenvalue weighted by Crippen LogP contribution is -2.20. The van der Waals surface area contributed by atoms with Crippen LogP contribution in [0.15, 0.2) is 54.1 Å². The van der Waals surface area contributed by atoms with Gasteiger partial charge in [0.05, 0.1) is 0 Å². The topological polar surface area (TPSA) is 125 Å². The number of phenols is 1. The number of nitriles is 1. The second kappa shape index (κ2) is 8.17. The molecule has 0 heterocycles. The van der Waals surface area contributed by atoms with E-state index in [0.717, 1.165) is 0 Å². The maximum absolute atomic E-state index is 12.2. The number of aromatic hydroxyl groups is 1. The molecule has 2 amide bonds. The van der Waals surface area contributed by atoms with Crippen LogP contribution >= 0.6 is 0 Å². The molecule has 0 aliphatic heterocycles. The van der Waals surface area contributed by atoms with Crippen LogP contribution in [0.5, 0.6) is 11.5 Å². The van der Waals surface area contributed by atoms with E-state index in [1.165, 1.54) is 30.3 Å². The maximum atomic E-state index is 12.2. The van der Waals surface area contributed by atoms with Crippen molar-refractivity contribution in [1.29, 1.82) is 5.26 Å².